The van der Waals surface area contributed by atoms with Gasteiger partial charge in [0.15, 0.2) is 0 Å². The standard InChI is InChI=1S/C23H27FN2O3/c1-2-3-4-5-6-7-8-9-14-28-20-12-13-22(26-17-20)23(27)29-19-11-10-18(16-25)21(24)15-19/h10-13,15,17H,2-9,14H2,1H3. The molecule has 0 amide bonds. The Morgan fingerprint density at radius 3 is 2.34 bits per heavy atom. The third-order valence-corrected chi connectivity index (χ3v) is 4.48. The highest BCUT2D eigenvalue weighted by molar-refractivity contribution is 5.89. The van der Waals surface area contributed by atoms with Crippen LogP contribution in [0.5, 0.6) is 11.5 Å². The number of aromatic nitrogens is 1. The normalized spacial score (nSPS) is 10.4. The molecule has 0 aliphatic rings. The lowest BCUT2D eigenvalue weighted by atomic mass is 10.1. The first-order chi connectivity index (χ1) is 14.1. The lowest BCUT2D eigenvalue weighted by Gasteiger charge is -2.07. The third kappa shape index (κ3) is 7.90. The first-order valence-electron chi connectivity index (χ1n) is 10.1. The Labute approximate surface area is 171 Å². The summed E-state index contributed by atoms with van der Waals surface area (Å²) in [6, 6.07) is 8.49. The third-order valence-electron chi connectivity index (χ3n) is 4.48. The largest absolute Gasteiger partial charge is 0.492 e. The van der Waals surface area contributed by atoms with E-state index >= 15 is 0 Å². The molecule has 0 aliphatic heterocycles. The lowest BCUT2D eigenvalue weighted by Crippen LogP contribution is -2.11. The van der Waals surface area contributed by atoms with Crippen LogP contribution in [0.3, 0.4) is 0 Å². The van der Waals surface area contributed by atoms with Gasteiger partial charge in [0.1, 0.15) is 29.1 Å². The zero-order chi connectivity index (χ0) is 20.9. The Morgan fingerprint density at radius 1 is 1.03 bits per heavy atom. The van der Waals surface area contributed by atoms with E-state index in [-0.39, 0.29) is 17.0 Å². The minimum absolute atomic E-state index is 0.0170. The van der Waals surface area contributed by atoms with E-state index in [9.17, 15) is 9.18 Å². The Hall–Kier alpha value is -2.94. The van der Waals surface area contributed by atoms with Gasteiger partial charge in [-0.2, -0.15) is 5.26 Å². The van der Waals surface area contributed by atoms with Gasteiger partial charge < -0.3 is 9.47 Å². The molecule has 0 aliphatic carbocycles. The van der Waals surface area contributed by atoms with Crippen molar-refractivity contribution in [2.45, 2.75) is 58.3 Å². The van der Waals surface area contributed by atoms with Gasteiger partial charge in [0, 0.05) is 6.07 Å². The second-order valence-electron chi connectivity index (χ2n) is 6.85. The molecule has 29 heavy (non-hydrogen) atoms. The van der Waals surface area contributed by atoms with Crippen LogP contribution in [0, 0.1) is 17.1 Å². The monoisotopic (exact) mass is 398 g/mol. The highest BCUT2D eigenvalue weighted by Gasteiger charge is 2.12. The van der Waals surface area contributed by atoms with Gasteiger partial charge in [-0.3, -0.25) is 0 Å². The maximum Gasteiger partial charge on any atom is 0.362 e. The summed E-state index contributed by atoms with van der Waals surface area (Å²) in [6.45, 7) is 2.84. The number of benzene rings is 1. The van der Waals surface area contributed by atoms with Crippen molar-refractivity contribution < 1.29 is 18.7 Å². The highest BCUT2D eigenvalue weighted by atomic mass is 19.1. The number of carbonyl (C=O) groups excluding carboxylic acids is 1. The molecule has 0 radical (unpaired) electrons. The number of hydrogen-bond donors (Lipinski definition) is 0. The van der Waals surface area contributed by atoms with Crippen LogP contribution in [0.15, 0.2) is 36.5 Å². The van der Waals surface area contributed by atoms with E-state index in [4.69, 9.17) is 14.7 Å². The number of nitrogens with zero attached hydrogens (tertiary/aromatic N) is 2. The Kier molecular flexibility index (Phi) is 9.64. The minimum Gasteiger partial charge on any atom is -0.492 e. The molecule has 0 bridgehead atoms. The molecule has 1 heterocycles. The van der Waals surface area contributed by atoms with E-state index in [1.165, 1.54) is 62.9 Å². The van der Waals surface area contributed by atoms with E-state index in [2.05, 4.69) is 11.9 Å². The van der Waals surface area contributed by atoms with Gasteiger partial charge in [-0.15, -0.1) is 0 Å². The zero-order valence-corrected chi connectivity index (χ0v) is 16.8. The van der Waals surface area contributed by atoms with Crippen molar-refractivity contribution in [2.75, 3.05) is 6.61 Å². The van der Waals surface area contributed by atoms with Crippen molar-refractivity contribution in [1.29, 1.82) is 5.26 Å². The minimum atomic E-state index is -0.740. The first-order valence-corrected chi connectivity index (χ1v) is 10.1. The number of halogens is 1. The molecule has 2 rings (SSSR count). The number of rotatable bonds is 12. The second-order valence-corrected chi connectivity index (χ2v) is 6.85. The van der Waals surface area contributed by atoms with Gasteiger partial charge in [0.2, 0.25) is 0 Å². The summed E-state index contributed by atoms with van der Waals surface area (Å²) in [6.07, 6.45) is 11.3. The van der Waals surface area contributed by atoms with E-state index in [0.717, 1.165) is 18.9 Å². The van der Waals surface area contributed by atoms with Gasteiger partial charge in [-0.05, 0) is 30.7 Å². The maximum atomic E-state index is 13.6. The van der Waals surface area contributed by atoms with Gasteiger partial charge >= 0.3 is 5.97 Å². The van der Waals surface area contributed by atoms with Crippen LogP contribution in [0.1, 0.15) is 74.3 Å². The molecule has 0 spiro atoms. The SMILES string of the molecule is CCCCCCCCCCOc1ccc(C(=O)Oc2ccc(C#N)c(F)c2)nc1. The summed E-state index contributed by atoms with van der Waals surface area (Å²) in [4.78, 5) is 16.1. The smallest absolute Gasteiger partial charge is 0.362 e. The highest BCUT2D eigenvalue weighted by Crippen LogP contribution is 2.18. The summed E-state index contributed by atoms with van der Waals surface area (Å²) in [5.41, 5.74) is -0.0184. The van der Waals surface area contributed by atoms with Crippen LogP contribution >= 0.6 is 0 Å². The summed E-state index contributed by atoms with van der Waals surface area (Å²) in [5, 5.41) is 8.72. The molecule has 6 heteroatoms. The quantitative estimate of drug-likeness (QED) is 0.255. The van der Waals surface area contributed by atoms with Gasteiger partial charge in [-0.1, -0.05) is 51.9 Å². The van der Waals surface area contributed by atoms with E-state index in [1.807, 2.05) is 0 Å². The molecule has 2 aromatic rings. The predicted molar refractivity (Wildman–Crippen MR) is 108 cm³/mol. The fourth-order valence-electron chi connectivity index (χ4n) is 2.82. The van der Waals surface area contributed by atoms with Gasteiger partial charge in [0.25, 0.3) is 0 Å². The molecular weight excluding hydrogens is 371 g/mol. The number of esters is 1. The van der Waals surface area contributed by atoms with Crippen LogP contribution < -0.4 is 9.47 Å². The van der Waals surface area contributed by atoms with E-state index < -0.39 is 11.8 Å². The molecule has 0 atom stereocenters. The average molecular weight is 398 g/mol. The molecule has 0 saturated heterocycles. The zero-order valence-electron chi connectivity index (χ0n) is 16.8. The fraction of sp³-hybridized carbons (Fsp3) is 0.435. The van der Waals surface area contributed by atoms with Gasteiger partial charge in [0.05, 0.1) is 18.4 Å². The topological polar surface area (TPSA) is 72.2 Å². The summed E-state index contributed by atoms with van der Waals surface area (Å²) >= 11 is 0. The number of pyridine rings is 1. The molecule has 154 valence electrons. The lowest BCUT2D eigenvalue weighted by molar-refractivity contribution is 0.0728. The molecule has 0 N–H and O–H groups in total. The number of carbonyl (C=O) groups is 1. The van der Waals surface area contributed by atoms with E-state index in [0.29, 0.717) is 12.4 Å². The van der Waals surface area contributed by atoms with Crippen LogP contribution in [-0.2, 0) is 0 Å². The predicted octanol–water partition coefficient (Wildman–Crippen LogP) is 5.83. The number of unbranched alkanes of at least 4 members (excludes halogenated alkanes) is 7. The van der Waals surface area contributed by atoms with Crippen LogP contribution in [0.4, 0.5) is 4.39 Å². The maximum absolute atomic E-state index is 13.6. The second kappa shape index (κ2) is 12.5. The van der Waals surface area contributed by atoms with Crippen molar-refractivity contribution in [3.8, 4) is 17.6 Å². The van der Waals surface area contributed by atoms with E-state index in [1.54, 1.807) is 12.1 Å². The summed E-state index contributed by atoms with van der Waals surface area (Å²) < 4.78 is 24.3. The van der Waals surface area contributed by atoms with Crippen LogP contribution in [0.25, 0.3) is 0 Å². The van der Waals surface area contributed by atoms with Crippen molar-refractivity contribution in [3.63, 3.8) is 0 Å². The Morgan fingerprint density at radius 2 is 1.72 bits per heavy atom. The number of ether oxygens (including phenoxy) is 2. The van der Waals surface area contributed by atoms with Crippen molar-refractivity contribution in [1.82, 2.24) is 4.98 Å². The van der Waals surface area contributed by atoms with Crippen molar-refractivity contribution in [3.05, 3.63) is 53.6 Å². The molecular formula is C23H27FN2O3. The Bertz CT molecular complexity index is 816. The molecule has 5 nitrogen and oxygen atoms in total. The summed E-state index contributed by atoms with van der Waals surface area (Å²) in [5.74, 6) is -0.837. The molecule has 0 fully saturated rings. The fourth-order valence-corrected chi connectivity index (χ4v) is 2.82. The summed E-state index contributed by atoms with van der Waals surface area (Å²) in [7, 11) is 0. The van der Waals surface area contributed by atoms with Crippen LogP contribution in [-0.4, -0.2) is 17.6 Å². The molecule has 1 aromatic carbocycles. The van der Waals surface area contributed by atoms with Crippen molar-refractivity contribution >= 4 is 5.97 Å². The number of hydrogen-bond acceptors (Lipinski definition) is 5. The van der Waals surface area contributed by atoms with Gasteiger partial charge in [-0.25, -0.2) is 14.2 Å². The average Bonchev–Trinajstić information content (AvgIpc) is 2.73. The Balaban J connectivity index is 1.70. The first kappa shape index (κ1) is 22.4. The molecule has 0 saturated carbocycles. The van der Waals surface area contributed by atoms with Crippen molar-refractivity contribution in [2.24, 2.45) is 0 Å². The number of nitriles is 1. The molecule has 0 unspecified atom stereocenters. The molecule has 1 aromatic heterocycles. The van der Waals surface area contributed by atoms with Crippen LogP contribution in [0.2, 0.25) is 0 Å².